The molecule has 0 bridgehead atoms. The van der Waals surface area contributed by atoms with E-state index < -0.39 is 0 Å². The second kappa shape index (κ2) is 13.8. The molecule has 0 atom stereocenters. The highest BCUT2D eigenvalue weighted by Gasteiger charge is 2.13. The minimum atomic E-state index is 1.13. The van der Waals surface area contributed by atoms with E-state index >= 15 is 0 Å². The number of benzene rings is 3. The number of hydrogen-bond acceptors (Lipinski definition) is 2. The monoisotopic (exact) mass is 534 g/mol. The summed E-state index contributed by atoms with van der Waals surface area (Å²) in [4.78, 5) is 2.57. The van der Waals surface area contributed by atoms with Crippen molar-refractivity contribution in [3.63, 3.8) is 0 Å². The van der Waals surface area contributed by atoms with E-state index in [1.165, 1.54) is 101 Å². The maximum absolute atomic E-state index is 3.63. The van der Waals surface area contributed by atoms with Crippen LogP contribution < -0.4 is 0 Å². The third-order valence-corrected chi connectivity index (χ3v) is 9.52. The molecule has 0 amide bonds. The molecule has 5 aromatic rings. The fourth-order valence-electron chi connectivity index (χ4n) is 5.55. The average molecular weight is 535 g/mol. The van der Waals surface area contributed by atoms with Gasteiger partial charge in [0.2, 0.25) is 0 Å². The van der Waals surface area contributed by atoms with Crippen molar-refractivity contribution in [3.8, 4) is 21.6 Å². The lowest BCUT2D eigenvalue weighted by Crippen LogP contribution is -1.94. The molecular formula is C36H38S2. The summed E-state index contributed by atoms with van der Waals surface area (Å²) in [6.07, 6.45) is 14.9. The van der Waals surface area contributed by atoms with Gasteiger partial charge in [-0.2, -0.15) is 0 Å². The molecule has 0 unspecified atom stereocenters. The van der Waals surface area contributed by atoms with Crippen LogP contribution in [0.25, 0.3) is 31.3 Å². The molecule has 2 heteroatoms. The molecule has 2 aromatic heterocycles. The van der Waals surface area contributed by atoms with Crippen LogP contribution in [0.2, 0.25) is 0 Å². The van der Waals surface area contributed by atoms with E-state index in [-0.39, 0.29) is 0 Å². The van der Waals surface area contributed by atoms with Crippen LogP contribution in [0.5, 0.6) is 0 Å². The molecule has 2 heterocycles. The highest BCUT2D eigenvalue weighted by atomic mass is 32.1. The predicted octanol–water partition coefficient (Wildman–Crippen LogP) is 11.6. The van der Waals surface area contributed by atoms with Crippen LogP contribution in [0.3, 0.4) is 0 Å². The topological polar surface area (TPSA) is 0 Å². The van der Waals surface area contributed by atoms with Crippen molar-refractivity contribution in [2.45, 2.75) is 77.6 Å². The molecule has 3 aromatic carbocycles. The van der Waals surface area contributed by atoms with Crippen molar-refractivity contribution in [2.75, 3.05) is 0 Å². The average Bonchev–Trinajstić information content (AvgIpc) is 3.65. The molecule has 0 saturated carbocycles. The molecule has 38 heavy (non-hydrogen) atoms. The van der Waals surface area contributed by atoms with E-state index in [1.54, 1.807) is 22.7 Å². The lowest BCUT2D eigenvalue weighted by molar-refractivity contribution is 0.557. The molecule has 0 N–H and O–H groups in total. The number of aryl methyl sites for hydroxylation is 1. The van der Waals surface area contributed by atoms with Gasteiger partial charge in [0.15, 0.2) is 0 Å². The SMILES string of the molecule is CCCCCCCCCCCCc1c2ccccc2c(C#Cc2ccsc2-c2cccs2)c2ccccc12. The molecule has 5 rings (SSSR count). The smallest absolute Gasteiger partial charge is 0.0599 e. The molecule has 0 nitrogen and oxygen atoms in total. The molecule has 0 radical (unpaired) electrons. The Morgan fingerprint density at radius 3 is 1.76 bits per heavy atom. The number of thiophene rings is 2. The Morgan fingerprint density at radius 2 is 1.16 bits per heavy atom. The zero-order chi connectivity index (χ0) is 26.0. The molecule has 194 valence electrons. The van der Waals surface area contributed by atoms with Gasteiger partial charge in [-0.05, 0) is 62.8 Å². The molecule has 0 fully saturated rings. The first-order valence-corrected chi connectivity index (χ1v) is 16.2. The van der Waals surface area contributed by atoms with Crippen LogP contribution in [0, 0.1) is 11.8 Å². The third-order valence-electron chi connectivity index (χ3n) is 7.56. The minimum absolute atomic E-state index is 1.13. The number of fused-ring (bicyclic) bond motifs is 2. The fourth-order valence-corrected chi connectivity index (χ4v) is 7.29. The van der Waals surface area contributed by atoms with Gasteiger partial charge in [0.05, 0.1) is 4.88 Å². The summed E-state index contributed by atoms with van der Waals surface area (Å²) >= 11 is 3.56. The number of rotatable bonds is 12. The van der Waals surface area contributed by atoms with Crippen molar-refractivity contribution in [2.24, 2.45) is 0 Å². The van der Waals surface area contributed by atoms with Gasteiger partial charge >= 0.3 is 0 Å². The maximum Gasteiger partial charge on any atom is 0.0599 e. The maximum atomic E-state index is 3.63. The second-order valence-electron chi connectivity index (χ2n) is 10.3. The fraction of sp³-hybridized carbons (Fsp3) is 0.333. The summed E-state index contributed by atoms with van der Waals surface area (Å²) in [5.74, 6) is 7.19. The third kappa shape index (κ3) is 6.40. The molecular weight excluding hydrogens is 497 g/mol. The zero-order valence-corrected chi connectivity index (χ0v) is 24.2. The Hall–Kier alpha value is -2.86. The molecule has 0 aliphatic heterocycles. The van der Waals surface area contributed by atoms with E-state index in [0.29, 0.717) is 0 Å². The molecule has 0 aliphatic rings. The van der Waals surface area contributed by atoms with E-state index in [0.717, 1.165) is 17.5 Å². The van der Waals surface area contributed by atoms with Crippen LogP contribution >= 0.6 is 22.7 Å². The van der Waals surface area contributed by atoms with Crippen molar-refractivity contribution >= 4 is 44.2 Å². The largest absolute Gasteiger partial charge is 0.143 e. The Balaban J connectivity index is 1.36. The van der Waals surface area contributed by atoms with Gasteiger partial charge < -0.3 is 0 Å². The summed E-state index contributed by atoms with van der Waals surface area (Å²) in [5.41, 5.74) is 3.78. The zero-order valence-electron chi connectivity index (χ0n) is 22.6. The summed E-state index contributed by atoms with van der Waals surface area (Å²) < 4.78 is 0. The van der Waals surface area contributed by atoms with Crippen LogP contribution in [-0.4, -0.2) is 0 Å². The van der Waals surface area contributed by atoms with Crippen LogP contribution in [0.4, 0.5) is 0 Å². The lowest BCUT2D eigenvalue weighted by Gasteiger charge is -2.14. The Labute approximate surface area is 236 Å². The summed E-state index contributed by atoms with van der Waals surface area (Å²) in [6, 6.07) is 24.3. The first kappa shape index (κ1) is 26.7. The standard InChI is InChI=1S/C36H38S2/c1-2-3-4-5-6-7-8-9-10-11-17-29-30-18-12-14-20-32(30)34(33-21-15-13-19-31(29)33)24-23-28-25-27-38-36(28)35-22-16-26-37-35/h12-16,18-22,25-27H,2-11,17H2,1H3. The van der Waals surface area contributed by atoms with E-state index in [9.17, 15) is 0 Å². The highest BCUT2D eigenvalue weighted by molar-refractivity contribution is 7.20. The molecule has 0 aliphatic carbocycles. The normalized spacial score (nSPS) is 11.2. The van der Waals surface area contributed by atoms with Crippen molar-refractivity contribution in [3.05, 3.63) is 94.2 Å². The van der Waals surface area contributed by atoms with Crippen molar-refractivity contribution < 1.29 is 0 Å². The van der Waals surface area contributed by atoms with Gasteiger partial charge in [-0.1, -0.05) is 131 Å². The van der Waals surface area contributed by atoms with Gasteiger partial charge in [0, 0.05) is 16.0 Å². The summed E-state index contributed by atoms with van der Waals surface area (Å²) in [6.45, 7) is 2.29. The van der Waals surface area contributed by atoms with Crippen LogP contribution in [-0.2, 0) is 6.42 Å². The van der Waals surface area contributed by atoms with E-state index in [1.807, 2.05) is 0 Å². The second-order valence-corrected chi connectivity index (χ2v) is 12.1. The molecule has 0 spiro atoms. The Bertz CT molecular complexity index is 1450. The van der Waals surface area contributed by atoms with Crippen molar-refractivity contribution in [1.82, 2.24) is 0 Å². The minimum Gasteiger partial charge on any atom is -0.143 e. The Kier molecular flexibility index (Phi) is 9.70. The first-order chi connectivity index (χ1) is 18.9. The van der Waals surface area contributed by atoms with Gasteiger partial charge in [-0.15, -0.1) is 22.7 Å². The summed E-state index contributed by atoms with van der Waals surface area (Å²) in [5, 5.41) is 9.61. The first-order valence-electron chi connectivity index (χ1n) is 14.4. The number of hydrogen-bond donors (Lipinski definition) is 0. The van der Waals surface area contributed by atoms with Crippen LogP contribution in [0.15, 0.2) is 77.5 Å². The highest BCUT2D eigenvalue weighted by Crippen LogP contribution is 2.35. The molecule has 0 saturated heterocycles. The van der Waals surface area contributed by atoms with E-state index in [4.69, 9.17) is 0 Å². The number of unbranched alkanes of at least 4 members (excludes halogenated alkanes) is 9. The lowest BCUT2D eigenvalue weighted by atomic mass is 9.89. The quantitative estimate of drug-likeness (QED) is 0.0848. The predicted molar refractivity (Wildman–Crippen MR) is 171 cm³/mol. The Morgan fingerprint density at radius 1 is 0.553 bits per heavy atom. The van der Waals surface area contributed by atoms with Gasteiger partial charge in [0.1, 0.15) is 0 Å². The van der Waals surface area contributed by atoms with Gasteiger partial charge in [-0.25, -0.2) is 0 Å². The van der Waals surface area contributed by atoms with E-state index in [2.05, 4.69) is 96.3 Å². The van der Waals surface area contributed by atoms with Crippen LogP contribution in [0.1, 0.15) is 87.8 Å². The van der Waals surface area contributed by atoms with Gasteiger partial charge in [0.25, 0.3) is 0 Å². The summed E-state index contributed by atoms with van der Waals surface area (Å²) in [7, 11) is 0. The van der Waals surface area contributed by atoms with Gasteiger partial charge in [-0.3, -0.25) is 0 Å². The van der Waals surface area contributed by atoms with Crippen molar-refractivity contribution in [1.29, 1.82) is 0 Å².